The van der Waals surface area contributed by atoms with Gasteiger partial charge < -0.3 is 5.32 Å². The topological polar surface area (TPSA) is 15.3 Å². The molecule has 0 radical (unpaired) electrons. The quantitative estimate of drug-likeness (QED) is 0.633. The summed E-state index contributed by atoms with van der Waals surface area (Å²) in [6.45, 7) is 10.8. The summed E-state index contributed by atoms with van der Waals surface area (Å²) in [5.41, 5.74) is 0.900. The standard InChI is InChI=1S/C10H20N2/c1-9(2)5-4-6-12(9)10(3)7-11-8-10/h11H,4-8H2,1-3H3. The Labute approximate surface area is 75.3 Å². The lowest BCUT2D eigenvalue weighted by atomic mass is 9.88. The molecule has 2 aliphatic heterocycles. The zero-order chi connectivity index (χ0) is 8.82. The van der Waals surface area contributed by atoms with E-state index in [-0.39, 0.29) is 0 Å². The minimum atomic E-state index is 0.441. The molecule has 12 heavy (non-hydrogen) atoms. The summed E-state index contributed by atoms with van der Waals surface area (Å²) in [4.78, 5) is 2.69. The first-order valence-electron chi connectivity index (χ1n) is 5.03. The highest BCUT2D eigenvalue weighted by Crippen LogP contribution is 2.36. The first-order valence-corrected chi connectivity index (χ1v) is 5.03. The summed E-state index contributed by atoms with van der Waals surface area (Å²) in [6, 6.07) is 0. The molecule has 0 atom stereocenters. The fourth-order valence-electron chi connectivity index (χ4n) is 2.79. The SMILES string of the molecule is CC1(C)CCCN1C1(C)CNC1. The smallest absolute Gasteiger partial charge is 0.0435 e. The fourth-order valence-corrected chi connectivity index (χ4v) is 2.79. The Hall–Kier alpha value is -0.0800. The van der Waals surface area contributed by atoms with E-state index in [0.29, 0.717) is 11.1 Å². The molecule has 0 aromatic heterocycles. The maximum Gasteiger partial charge on any atom is 0.0435 e. The summed E-state index contributed by atoms with van der Waals surface area (Å²) in [5.74, 6) is 0. The van der Waals surface area contributed by atoms with Gasteiger partial charge in [-0.1, -0.05) is 0 Å². The average Bonchev–Trinajstić information content (AvgIpc) is 2.25. The summed E-state index contributed by atoms with van der Waals surface area (Å²) < 4.78 is 0. The second kappa shape index (κ2) is 2.46. The normalized spacial score (nSPS) is 33.2. The van der Waals surface area contributed by atoms with Crippen molar-refractivity contribution in [1.29, 1.82) is 0 Å². The van der Waals surface area contributed by atoms with Gasteiger partial charge in [-0.25, -0.2) is 0 Å². The van der Waals surface area contributed by atoms with Gasteiger partial charge in [0.05, 0.1) is 0 Å². The predicted molar refractivity (Wildman–Crippen MR) is 51.3 cm³/mol. The monoisotopic (exact) mass is 168 g/mol. The van der Waals surface area contributed by atoms with Gasteiger partial charge in [0, 0.05) is 24.2 Å². The zero-order valence-electron chi connectivity index (χ0n) is 8.48. The molecule has 0 spiro atoms. The largest absolute Gasteiger partial charge is 0.313 e. The third kappa shape index (κ3) is 1.09. The highest BCUT2D eigenvalue weighted by molar-refractivity contribution is 5.05. The van der Waals surface area contributed by atoms with Crippen LogP contribution in [0.5, 0.6) is 0 Å². The first-order chi connectivity index (χ1) is 5.55. The maximum atomic E-state index is 3.37. The van der Waals surface area contributed by atoms with Gasteiger partial charge >= 0.3 is 0 Å². The molecule has 2 nitrogen and oxygen atoms in total. The Bertz CT molecular complexity index is 182. The van der Waals surface area contributed by atoms with Gasteiger partial charge in [-0.15, -0.1) is 0 Å². The fraction of sp³-hybridized carbons (Fsp3) is 1.00. The molecule has 2 saturated heterocycles. The van der Waals surface area contributed by atoms with Crippen molar-refractivity contribution in [3.63, 3.8) is 0 Å². The second-order valence-electron chi connectivity index (χ2n) is 5.17. The van der Waals surface area contributed by atoms with Crippen LogP contribution in [0, 0.1) is 0 Å². The minimum Gasteiger partial charge on any atom is -0.313 e. The number of nitrogens with zero attached hydrogens (tertiary/aromatic N) is 1. The van der Waals surface area contributed by atoms with Crippen LogP contribution in [0.25, 0.3) is 0 Å². The summed E-state index contributed by atoms with van der Waals surface area (Å²) >= 11 is 0. The van der Waals surface area contributed by atoms with Crippen molar-refractivity contribution in [2.45, 2.75) is 44.7 Å². The second-order valence-corrected chi connectivity index (χ2v) is 5.17. The van der Waals surface area contributed by atoms with Gasteiger partial charge in [-0.3, -0.25) is 4.90 Å². The third-order valence-electron chi connectivity index (χ3n) is 3.56. The van der Waals surface area contributed by atoms with E-state index in [4.69, 9.17) is 0 Å². The molecule has 0 aromatic carbocycles. The van der Waals surface area contributed by atoms with Crippen molar-refractivity contribution >= 4 is 0 Å². The van der Waals surface area contributed by atoms with Crippen LogP contribution in [-0.4, -0.2) is 35.6 Å². The summed E-state index contributed by atoms with van der Waals surface area (Å²) in [5, 5.41) is 3.37. The highest BCUT2D eigenvalue weighted by Gasteiger charge is 2.46. The molecular formula is C10H20N2. The maximum absolute atomic E-state index is 3.37. The zero-order valence-corrected chi connectivity index (χ0v) is 8.48. The van der Waals surface area contributed by atoms with Crippen molar-refractivity contribution in [3.05, 3.63) is 0 Å². The van der Waals surface area contributed by atoms with Crippen molar-refractivity contribution in [3.8, 4) is 0 Å². The molecule has 2 rings (SSSR count). The summed E-state index contributed by atoms with van der Waals surface area (Å²) in [7, 11) is 0. The van der Waals surface area contributed by atoms with E-state index in [2.05, 4.69) is 31.0 Å². The lowest BCUT2D eigenvalue weighted by Crippen LogP contribution is -2.69. The minimum absolute atomic E-state index is 0.441. The van der Waals surface area contributed by atoms with Crippen LogP contribution >= 0.6 is 0 Å². The van der Waals surface area contributed by atoms with Crippen LogP contribution in [0.2, 0.25) is 0 Å². The number of hydrogen-bond donors (Lipinski definition) is 1. The van der Waals surface area contributed by atoms with E-state index in [0.717, 1.165) is 0 Å². The molecular weight excluding hydrogens is 148 g/mol. The van der Waals surface area contributed by atoms with Gasteiger partial charge in [0.15, 0.2) is 0 Å². The summed E-state index contributed by atoms with van der Waals surface area (Å²) in [6.07, 6.45) is 2.74. The molecule has 0 aliphatic carbocycles. The van der Waals surface area contributed by atoms with E-state index < -0.39 is 0 Å². The molecule has 2 heteroatoms. The van der Waals surface area contributed by atoms with Gasteiger partial charge in [-0.2, -0.15) is 0 Å². The molecule has 0 unspecified atom stereocenters. The van der Waals surface area contributed by atoms with E-state index >= 15 is 0 Å². The van der Waals surface area contributed by atoms with E-state index in [1.807, 2.05) is 0 Å². The van der Waals surface area contributed by atoms with E-state index in [1.54, 1.807) is 0 Å². The van der Waals surface area contributed by atoms with Crippen LogP contribution < -0.4 is 5.32 Å². The van der Waals surface area contributed by atoms with Crippen LogP contribution in [0.1, 0.15) is 33.6 Å². The van der Waals surface area contributed by atoms with Crippen LogP contribution in [0.4, 0.5) is 0 Å². The third-order valence-corrected chi connectivity index (χ3v) is 3.56. The molecule has 0 bridgehead atoms. The molecule has 0 saturated carbocycles. The Balaban J connectivity index is 2.12. The van der Waals surface area contributed by atoms with Crippen molar-refractivity contribution in [2.75, 3.05) is 19.6 Å². The number of likely N-dealkylation sites (tertiary alicyclic amines) is 1. The van der Waals surface area contributed by atoms with Gasteiger partial charge in [0.2, 0.25) is 0 Å². The van der Waals surface area contributed by atoms with Gasteiger partial charge in [0.1, 0.15) is 0 Å². The van der Waals surface area contributed by atoms with Gasteiger partial charge in [-0.05, 0) is 40.2 Å². The first kappa shape index (κ1) is 8.52. The van der Waals surface area contributed by atoms with Crippen molar-refractivity contribution in [2.24, 2.45) is 0 Å². The lowest BCUT2D eigenvalue weighted by molar-refractivity contribution is 0.00499. The number of rotatable bonds is 1. The molecule has 0 aromatic rings. The van der Waals surface area contributed by atoms with Crippen molar-refractivity contribution < 1.29 is 0 Å². The molecule has 70 valence electrons. The Morgan fingerprint density at radius 1 is 1.17 bits per heavy atom. The van der Waals surface area contributed by atoms with Crippen molar-refractivity contribution in [1.82, 2.24) is 10.2 Å². The van der Waals surface area contributed by atoms with Crippen LogP contribution in [0.3, 0.4) is 0 Å². The Morgan fingerprint density at radius 2 is 1.83 bits per heavy atom. The number of nitrogens with one attached hydrogen (secondary N) is 1. The van der Waals surface area contributed by atoms with Crippen LogP contribution in [-0.2, 0) is 0 Å². The molecule has 2 aliphatic rings. The van der Waals surface area contributed by atoms with Crippen LogP contribution in [0.15, 0.2) is 0 Å². The number of hydrogen-bond acceptors (Lipinski definition) is 2. The highest BCUT2D eigenvalue weighted by atomic mass is 15.3. The predicted octanol–water partition coefficient (Wildman–Crippen LogP) is 1.22. The Kier molecular flexibility index (Phi) is 1.74. The average molecular weight is 168 g/mol. The Morgan fingerprint density at radius 3 is 2.17 bits per heavy atom. The molecule has 2 heterocycles. The van der Waals surface area contributed by atoms with Gasteiger partial charge in [0.25, 0.3) is 0 Å². The molecule has 0 amide bonds. The molecule has 2 fully saturated rings. The molecule has 1 N–H and O–H groups in total. The van der Waals surface area contributed by atoms with E-state index in [1.165, 1.54) is 32.5 Å². The van der Waals surface area contributed by atoms with E-state index in [9.17, 15) is 0 Å². The lowest BCUT2D eigenvalue weighted by Gasteiger charge is -2.52.